The van der Waals surface area contributed by atoms with Crippen molar-refractivity contribution < 1.29 is 38.1 Å². The number of carbonyl (C=O) groups is 4. The molecule has 2 aromatic rings. The van der Waals surface area contributed by atoms with Gasteiger partial charge in [0.1, 0.15) is 24.6 Å². The Balaban J connectivity index is 1.39. The first-order chi connectivity index (χ1) is 20.9. The Labute approximate surface area is 257 Å². The van der Waals surface area contributed by atoms with Crippen molar-refractivity contribution in [2.45, 2.75) is 77.5 Å². The second-order valence-corrected chi connectivity index (χ2v) is 12.2. The molecule has 3 heterocycles. The average Bonchev–Trinajstić information content (AvgIpc) is 3.31. The number of amides is 1. The van der Waals surface area contributed by atoms with Gasteiger partial charge in [-0.1, -0.05) is 51.1 Å². The first-order valence-electron chi connectivity index (χ1n) is 15.0. The molecule has 2 fully saturated rings. The van der Waals surface area contributed by atoms with Crippen molar-refractivity contribution in [2.75, 3.05) is 13.2 Å². The smallest absolute Gasteiger partial charge is 0.461 e. The predicted molar refractivity (Wildman–Crippen MR) is 161 cm³/mol. The molecule has 1 N–H and O–H groups in total. The van der Waals surface area contributed by atoms with Gasteiger partial charge in [-0.05, 0) is 51.2 Å². The molecule has 236 valence electrons. The van der Waals surface area contributed by atoms with E-state index in [0.717, 1.165) is 16.8 Å². The SMILES string of the molecule is C[C@@H]1CCC[C@](C)(OC(=O)OC/C=C/c2ccc(-c3cnccn3)cc2)C[C@@H](C)C(=O)[C@H](C)[C@H]2NC(=O)O[C@]2(C)COC1=O. The molecule has 6 atom stereocenters. The van der Waals surface area contributed by atoms with E-state index in [-0.39, 0.29) is 25.4 Å². The lowest BCUT2D eigenvalue weighted by molar-refractivity contribution is -0.155. The predicted octanol–water partition coefficient (Wildman–Crippen LogP) is 5.53. The number of nitrogens with zero attached hydrogens (tertiary/aromatic N) is 2. The van der Waals surface area contributed by atoms with Crippen LogP contribution in [0.5, 0.6) is 0 Å². The summed E-state index contributed by atoms with van der Waals surface area (Å²) >= 11 is 0. The molecule has 1 aromatic carbocycles. The molecule has 0 unspecified atom stereocenters. The fourth-order valence-electron chi connectivity index (χ4n) is 5.91. The number of fused-ring (bicyclic) bond motifs is 1. The Hall–Kier alpha value is -4.28. The number of ketones is 1. The lowest BCUT2D eigenvalue weighted by atomic mass is 9.78. The summed E-state index contributed by atoms with van der Waals surface area (Å²) in [5, 5.41) is 2.72. The van der Waals surface area contributed by atoms with Crippen LogP contribution in [-0.2, 0) is 28.5 Å². The molecule has 0 radical (unpaired) electrons. The van der Waals surface area contributed by atoms with E-state index in [1.807, 2.05) is 30.3 Å². The number of nitrogens with one attached hydrogen (secondary N) is 1. The second-order valence-electron chi connectivity index (χ2n) is 12.2. The maximum Gasteiger partial charge on any atom is 0.509 e. The van der Waals surface area contributed by atoms with E-state index >= 15 is 0 Å². The summed E-state index contributed by atoms with van der Waals surface area (Å²) in [5.41, 5.74) is 0.411. The standard InChI is InChI=1S/C33H41N3O8/c1-21-8-6-14-32(4,18-22(2)27(37)23(3)28-33(5,20-42-29(21)38)43-30(39)36-28)44-31(40)41-17-7-9-24-10-12-25(13-11-24)26-19-34-15-16-35-26/h7,9-13,15-16,19,21-23,28H,6,8,14,17-18,20H2,1-5H3,(H,36,39)/b9-7+/t21-,22-,23+,28-,32+,33-/m1/s1. The van der Waals surface area contributed by atoms with Crippen LogP contribution in [0.15, 0.2) is 48.9 Å². The monoisotopic (exact) mass is 607 g/mol. The lowest BCUT2D eigenvalue weighted by Gasteiger charge is -2.35. The van der Waals surface area contributed by atoms with Crippen LogP contribution >= 0.6 is 0 Å². The zero-order chi connectivity index (χ0) is 31.9. The zero-order valence-corrected chi connectivity index (χ0v) is 25.9. The summed E-state index contributed by atoms with van der Waals surface area (Å²) in [7, 11) is 0. The highest BCUT2D eigenvalue weighted by Gasteiger charge is 2.51. The number of hydrogen-bond donors (Lipinski definition) is 1. The molecule has 4 rings (SSSR count). The number of esters is 1. The molecule has 44 heavy (non-hydrogen) atoms. The van der Waals surface area contributed by atoms with Crippen LogP contribution in [0.2, 0.25) is 0 Å². The Bertz CT molecular complexity index is 1360. The summed E-state index contributed by atoms with van der Waals surface area (Å²) in [5.74, 6) is -2.11. The van der Waals surface area contributed by atoms with Gasteiger partial charge in [0.2, 0.25) is 0 Å². The summed E-state index contributed by atoms with van der Waals surface area (Å²) in [6.07, 6.45) is 8.70. The van der Waals surface area contributed by atoms with Crippen molar-refractivity contribution in [3.63, 3.8) is 0 Å². The van der Waals surface area contributed by atoms with Crippen molar-refractivity contribution in [2.24, 2.45) is 17.8 Å². The number of alkyl carbamates (subject to hydrolysis) is 1. The molecule has 0 bridgehead atoms. The van der Waals surface area contributed by atoms with Gasteiger partial charge in [0.05, 0.1) is 23.9 Å². The minimum atomic E-state index is -1.19. The van der Waals surface area contributed by atoms with E-state index in [4.69, 9.17) is 18.9 Å². The molecule has 1 aromatic heterocycles. The van der Waals surface area contributed by atoms with Crippen LogP contribution in [-0.4, -0.2) is 64.4 Å². The van der Waals surface area contributed by atoms with E-state index in [9.17, 15) is 19.2 Å². The Kier molecular flexibility index (Phi) is 10.4. The highest BCUT2D eigenvalue weighted by atomic mass is 16.7. The fraction of sp³-hybridized carbons (Fsp3) is 0.515. The quantitative estimate of drug-likeness (QED) is 0.340. The number of hydrogen-bond acceptors (Lipinski definition) is 10. The van der Waals surface area contributed by atoms with Gasteiger partial charge < -0.3 is 24.3 Å². The van der Waals surface area contributed by atoms with Gasteiger partial charge in [-0.2, -0.15) is 0 Å². The fourth-order valence-corrected chi connectivity index (χ4v) is 5.91. The Morgan fingerprint density at radius 3 is 2.55 bits per heavy atom. The maximum atomic E-state index is 13.5. The van der Waals surface area contributed by atoms with Crippen LogP contribution in [0.1, 0.15) is 65.9 Å². The number of Topliss-reactive ketones (excluding diaryl/α,β-unsaturated/α-hetero) is 1. The minimum absolute atomic E-state index is 0.00478. The number of carbonyl (C=O) groups excluding carboxylic acids is 4. The molecule has 0 spiro atoms. The number of ether oxygens (including phenoxy) is 4. The number of cyclic esters (lactones) is 1. The van der Waals surface area contributed by atoms with E-state index in [1.54, 1.807) is 59.3 Å². The van der Waals surface area contributed by atoms with Crippen molar-refractivity contribution in [1.29, 1.82) is 0 Å². The van der Waals surface area contributed by atoms with Gasteiger partial charge in [0, 0.05) is 29.8 Å². The van der Waals surface area contributed by atoms with E-state index in [0.29, 0.717) is 19.3 Å². The molecule has 2 aliphatic rings. The molecule has 11 nitrogen and oxygen atoms in total. The number of rotatable bonds is 5. The summed E-state index contributed by atoms with van der Waals surface area (Å²) in [6.45, 7) is 8.54. The van der Waals surface area contributed by atoms with Crippen LogP contribution in [0.4, 0.5) is 9.59 Å². The van der Waals surface area contributed by atoms with E-state index < -0.39 is 53.2 Å². The van der Waals surface area contributed by atoms with Gasteiger partial charge in [-0.15, -0.1) is 0 Å². The highest BCUT2D eigenvalue weighted by molar-refractivity contribution is 5.85. The van der Waals surface area contributed by atoms with E-state index in [1.165, 1.54) is 0 Å². The van der Waals surface area contributed by atoms with Gasteiger partial charge in [0.25, 0.3) is 0 Å². The maximum absolute atomic E-state index is 13.5. The molecule has 0 saturated carbocycles. The third-order valence-electron chi connectivity index (χ3n) is 8.38. The first kappa shape index (κ1) is 32.6. The molecule has 1 amide bonds. The zero-order valence-electron chi connectivity index (χ0n) is 25.9. The third kappa shape index (κ3) is 8.21. The Morgan fingerprint density at radius 2 is 1.84 bits per heavy atom. The van der Waals surface area contributed by atoms with Crippen LogP contribution in [0.25, 0.3) is 17.3 Å². The summed E-state index contributed by atoms with van der Waals surface area (Å²) in [6, 6.07) is 7.03. The molecule has 2 saturated heterocycles. The molecular formula is C33H41N3O8. The average molecular weight is 608 g/mol. The number of aromatic nitrogens is 2. The van der Waals surface area contributed by atoms with E-state index in [2.05, 4.69) is 15.3 Å². The topological polar surface area (TPSA) is 143 Å². The highest BCUT2D eigenvalue weighted by Crippen LogP contribution is 2.35. The number of benzene rings is 1. The van der Waals surface area contributed by atoms with Crippen molar-refractivity contribution in [1.82, 2.24) is 15.3 Å². The van der Waals surface area contributed by atoms with Crippen molar-refractivity contribution in [3.05, 3.63) is 54.5 Å². The van der Waals surface area contributed by atoms with Gasteiger partial charge in [-0.25, -0.2) is 9.59 Å². The molecular weight excluding hydrogens is 566 g/mol. The Morgan fingerprint density at radius 1 is 1.09 bits per heavy atom. The van der Waals surface area contributed by atoms with Crippen molar-refractivity contribution in [3.8, 4) is 11.3 Å². The molecule has 11 heteroatoms. The first-order valence-corrected chi connectivity index (χ1v) is 15.0. The largest absolute Gasteiger partial charge is 0.509 e. The minimum Gasteiger partial charge on any atom is -0.461 e. The van der Waals surface area contributed by atoms with Gasteiger partial charge >= 0.3 is 18.2 Å². The van der Waals surface area contributed by atoms with Crippen LogP contribution in [0.3, 0.4) is 0 Å². The summed E-state index contributed by atoms with van der Waals surface area (Å²) in [4.78, 5) is 59.6. The second kappa shape index (κ2) is 14.0. The van der Waals surface area contributed by atoms with Crippen molar-refractivity contribution >= 4 is 30.1 Å². The molecule has 2 aliphatic heterocycles. The van der Waals surface area contributed by atoms with Gasteiger partial charge in [0.15, 0.2) is 5.60 Å². The van der Waals surface area contributed by atoms with Crippen LogP contribution < -0.4 is 5.32 Å². The van der Waals surface area contributed by atoms with Gasteiger partial charge in [-0.3, -0.25) is 19.6 Å². The normalized spacial score (nSPS) is 30.0. The molecule has 0 aliphatic carbocycles. The summed E-state index contributed by atoms with van der Waals surface area (Å²) < 4.78 is 22.2. The third-order valence-corrected chi connectivity index (χ3v) is 8.38. The van der Waals surface area contributed by atoms with Crippen LogP contribution in [0, 0.1) is 17.8 Å². The lowest BCUT2D eigenvalue weighted by Crippen LogP contribution is -2.52.